The van der Waals surface area contributed by atoms with Gasteiger partial charge in [0.1, 0.15) is 11.5 Å². The number of rotatable bonds is 7. The lowest BCUT2D eigenvalue weighted by molar-refractivity contribution is 0.354. The van der Waals surface area contributed by atoms with Crippen LogP contribution in [0.5, 0.6) is 11.5 Å². The first-order chi connectivity index (χ1) is 13.7. The molecule has 0 fully saturated rings. The lowest BCUT2D eigenvalue weighted by atomic mass is 10.2. The van der Waals surface area contributed by atoms with Crippen LogP contribution < -0.4 is 20.1 Å². The van der Waals surface area contributed by atoms with Crippen molar-refractivity contribution in [1.82, 2.24) is 24.6 Å². The SMILES string of the molecule is COc1ccc(CNc2cc3nccn3c(Nc3cc(C)[nH]n3)n2)cc1OC. The van der Waals surface area contributed by atoms with Crippen LogP contribution in [-0.4, -0.2) is 38.8 Å². The highest BCUT2D eigenvalue weighted by atomic mass is 16.5. The van der Waals surface area contributed by atoms with E-state index < -0.39 is 0 Å². The summed E-state index contributed by atoms with van der Waals surface area (Å²) in [7, 11) is 3.24. The van der Waals surface area contributed by atoms with Gasteiger partial charge in [0.2, 0.25) is 5.95 Å². The third kappa shape index (κ3) is 3.54. The number of fused-ring (bicyclic) bond motifs is 1. The molecule has 0 unspecified atom stereocenters. The molecule has 4 rings (SSSR count). The fourth-order valence-corrected chi connectivity index (χ4v) is 2.88. The van der Waals surface area contributed by atoms with Gasteiger partial charge in [-0.2, -0.15) is 10.1 Å². The monoisotopic (exact) mass is 379 g/mol. The van der Waals surface area contributed by atoms with Gasteiger partial charge >= 0.3 is 0 Å². The third-order valence-corrected chi connectivity index (χ3v) is 4.26. The number of nitrogens with one attached hydrogen (secondary N) is 3. The maximum atomic E-state index is 5.36. The molecular weight excluding hydrogens is 358 g/mol. The number of methoxy groups -OCH3 is 2. The summed E-state index contributed by atoms with van der Waals surface area (Å²) in [6.45, 7) is 2.52. The van der Waals surface area contributed by atoms with E-state index in [1.807, 2.05) is 47.9 Å². The first-order valence-corrected chi connectivity index (χ1v) is 8.74. The Morgan fingerprint density at radius 3 is 2.68 bits per heavy atom. The Kier molecular flexibility index (Phi) is 4.71. The number of aromatic amines is 1. The van der Waals surface area contributed by atoms with Crippen molar-refractivity contribution in [2.24, 2.45) is 0 Å². The molecule has 0 atom stereocenters. The van der Waals surface area contributed by atoms with Gasteiger partial charge in [0.25, 0.3) is 0 Å². The second-order valence-electron chi connectivity index (χ2n) is 6.22. The van der Waals surface area contributed by atoms with Crippen molar-refractivity contribution < 1.29 is 9.47 Å². The highest BCUT2D eigenvalue weighted by Gasteiger charge is 2.09. The maximum Gasteiger partial charge on any atom is 0.216 e. The second-order valence-corrected chi connectivity index (χ2v) is 6.22. The van der Waals surface area contributed by atoms with E-state index >= 15 is 0 Å². The minimum Gasteiger partial charge on any atom is -0.493 e. The number of ether oxygens (including phenoxy) is 2. The van der Waals surface area contributed by atoms with E-state index in [9.17, 15) is 0 Å². The van der Waals surface area contributed by atoms with Gasteiger partial charge in [-0.1, -0.05) is 6.07 Å². The van der Waals surface area contributed by atoms with Crippen molar-refractivity contribution in [3.05, 3.63) is 54.0 Å². The fraction of sp³-hybridized carbons (Fsp3) is 0.211. The summed E-state index contributed by atoms with van der Waals surface area (Å²) in [5, 5.41) is 13.7. The molecule has 0 saturated heterocycles. The van der Waals surface area contributed by atoms with Gasteiger partial charge in [-0.3, -0.25) is 9.50 Å². The van der Waals surface area contributed by atoms with Crippen molar-refractivity contribution >= 4 is 23.2 Å². The minimum atomic E-state index is 0.575. The average Bonchev–Trinajstić information content (AvgIpc) is 3.35. The topological polar surface area (TPSA) is 101 Å². The number of nitrogens with zero attached hydrogens (tertiary/aromatic N) is 4. The van der Waals surface area contributed by atoms with Crippen LogP contribution in [-0.2, 0) is 6.54 Å². The molecule has 4 aromatic rings. The largest absolute Gasteiger partial charge is 0.493 e. The Hall–Kier alpha value is -3.75. The third-order valence-electron chi connectivity index (χ3n) is 4.26. The zero-order valence-corrected chi connectivity index (χ0v) is 15.9. The highest BCUT2D eigenvalue weighted by Crippen LogP contribution is 2.28. The molecular formula is C19H21N7O2. The molecule has 28 heavy (non-hydrogen) atoms. The van der Waals surface area contributed by atoms with Gasteiger partial charge in [-0.05, 0) is 24.6 Å². The second kappa shape index (κ2) is 7.47. The molecule has 3 N–H and O–H groups in total. The fourth-order valence-electron chi connectivity index (χ4n) is 2.88. The molecule has 0 amide bonds. The number of imidazole rings is 1. The predicted octanol–water partition coefficient (Wildman–Crippen LogP) is 3.13. The molecule has 0 aliphatic rings. The lowest BCUT2D eigenvalue weighted by Crippen LogP contribution is -2.07. The van der Waals surface area contributed by atoms with Crippen molar-refractivity contribution in [3.8, 4) is 11.5 Å². The quantitative estimate of drug-likeness (QED) is 0.453. The van der Waals surface area contributed by atoms with Crippen molar-refractivity contribution in [3.63, 3.8) is 0 Å². The molecule has 0 bridgehead atoms. The van der Waals surface area contributed by atoms with Crippen LogP contribution in [0.15, 0.2) is 42.7 Å². The van der Waals surface area contributed by atoms with Gasteiger partial charge in [0, 0.05) is 36.8 Å². The predicted molar refractivity (Wildman–Crippen MR) is 106 cm³/mol. The molecule has 1 aromatic carbocycles. The molecule has 9 heteroatoms. The Bertz CT molecular complexity index is 1100. The highest BCUT2D eigenvalue weighted by molar-refractivity contribution is 5.59. The average molecular weight is 379 g/mol. The van der Waals surface area contributed by atoms with E-state index in [0.29, 0.717) is 35.6 Å². The smallest absolute Gasteiger partial charge is 0.216 e. The van der Waals surface area contributed by atoms with Crippen LogP contribution in [0.3, 0.4) is 0 Å². The zero-order chi connectivity index (χ0) is 19.5. The van der Waals surface area contributed by atoms with E-state index in [1.54, 1.807) is 20.4 Å². The van der Waals surface area contributed by atoms with Crippen LogP contribution in [0.25, 0.3) is 5.65 Å². The molecule has 0 aliphatic carbocycles. The Morgan fingerprint density at radius 2 is 1.93 bits per heavy atom. The number of hydrogen-bond acceptors (Lipinski definition) is 7. The van der Waals surface area contributed by atoms with Crippen LogP contribution in [0, 0.1) is 6.92 Å². The summed E-state index contributed by atoms with van der Waals surface area (Å²) in [4.78, 5) is 9.03. The number of aromatic nitrogens is 5. The Labute approximate surface area is 161 Å². The van der Waals surface area contributed by atoms with Crippen molar-refractivity contribution in [1.29, 1.82) is 0 Å². The number of aryl methyl sites for hydroxylation is 1. The standard InChI is InChI=1S/C19H21N7O2/c1-12-8-17(25-24-12)23-19-22-16(10-18-20-6-7-26(18)19)21-11-13-4-5-14(27-2)15(9-13)28-3/h4-10,21H,11H2,1-3H3,(H2,22,23,24,25). The summed E-state index contributed by atoms with van der Waals surface area (Å²) < 4.78 is 12.5. The molecule has 0 saturated carbocycles. The van der Waals surface area contributed by atoms with Gasteiger partial charge in [0.05, 0.1) is 14.2 Å². The first kappa shape index (κ1) is 17.7. The summed E-state index contributed by atoms with van der Waals surface area (Å²) in [5.74, 6) is 3.40. The Balaban J connectivity index is 1.57. The zero-order valence-electron chi connectivity index (χ0n) is 15.9. The van der Waals surface area contributed by atoms with E-state index in [0.717, 1.165) is 16.9 Å². The van der Waals surface area contributed by atoms with Crippen molar-refractivity contribution in [2.75, 3.05) is 24.9 Å². The number of H-pyrrole nitrogens is 1. The summed E-state index contributed by atoms with van der Waals surface area (Å²) >= 11 is 0. The van der Waals surface area contributed by atoms with Gasteiger partial charge < -0.3 is 20.1 Å². The first-order valence-electron chi connectivity index (χ1n) is 8.74. The molecule has 0 spiro atoms. The Morgan fingerprint density at radius 1 is 1.07 bits per heavy atom. The minimum absolute atomic E-state index is 0.575. The molecule has 0 radical (unpaired) electrons. The lowest BCUT2D eigenvalue weighted by Gasteiger charge is -2.12. The molecule has 9 nitrogen and oxygen atoms in total. The normalized spacial score (nSPS) is 10.8. The number of anilines is 3. The van der Waals surface area contributed by atoms with Gasteiger partial charge in [-0.15, -0.1) is 0 Å². The molecule has 3 heterocycles. The van der Waals surface area contributed by atoms with Crippen molar-refractivity contribution in [2.45, 2.75) is 13.5 Å². The van der Waals surface area contributed by atoms with Crippen LogP contribution in [0.4, 0.5) is 17.6 Å². The van der Waals surface area contributed by atoms with Gasteiger partial charge in [-0.25, -0.2) is 4.98 Å². The molecule has 144 valence electrons. The summed E-state index contributed by atoms with van der Waals surface area (Å²) in [5.41, 5.74) is 2.78. The number of benzene rings is 1. The molecule has 3 aromatic heterocycles. The van der Waals surface area contributed by atoms with Crippen LogP contribution >= 0.6 is 0 Å². The number of hydrogen-bond donors (Lipinski definition) is 3. The van der Waals surface area contributed by atoms with Crippen LogP contribution in [0.1, 0.15) is 11.3 Å². The van der Waals surface area contributed by atoms with E-state index in [4.69, 9.17) is 9.47 Å². The van der Waals surface area contributed by atoms with E-state index in [2.05, 4.69) is 30.8 Å². The van der Waals surface area contributed by atoms with Crippen LogP contribution in [0.2, 0.25) is 0 Å². The summed E-state index contributed by atoms with van der Waals surface area (Å²) in [6, 6.07) is 9.60. The van der Waals surface area contributed by atoms with E-state index in [1.165, 1.54) is 0 Å². The van der Waals surface area contributed by atoms with Gasteiger partial charge in [0.15, 0.2) is 17.3 Å². The molecule has 0 aliphatic heterocycles. The summed E-state index contributed by atoms with van der Waals surface area (Å²) in [6.07, 6.45) is 3.58. The maximum absolute atomic E-state index is 5.36. The van der Waals surface area contributed by atoms with E-state index in [-0.39, 0.29) is 0 Å².